The van der Waals surface area contributed by atoms with Gasteiger partial charge < -0.3 is 26.2 Å². The highest BCUT2D eigenvalue weighted by Gasteiger charge is 2.19. The molecule has 0 aromatic heterocycles. The summed E-state index contributed by atoms with van der Waals surface area (Å²) in [5.74, 6) is -2.30. The molecule has 38 heavy (non-hydrogen) atoms. The van der Waals surface area contributed by atoms with Crippen molar-refractivity contribution in [3.05, 3.63) is 89.5 Å². The predicted octanol–water partition coefficient (Wildman–Crippen LogP) is 4.08. The number of amides is 3. The van der Waals surface area contributed by atoms with Crippen molar-refractivity contribution in [3.63, 3.8) is 0 Å². The number of rotatable bonds is 8. The Hall–Kier alpha value is -4.02. The van der Waals surface area contributed by atoms with Gasteiger partial charge in [0.1, 0.15) is 0 Å². The molecule has 0 spiro atoms. The maximum atomic E-state index is 13.7. The van der Waals surface area contributed by atoms with Gasteiger partial charge in [-0.1, -0.05) is 24.3 Å². The number of hydrogen-bond acceptors (Lipinski definition) is 5. The molecule has 0 saturated carbocycles. The SMILES string of the molecule is CN1CCN(CCN(Cc2ccc(C(=O)Nc3ccccc3N)cc2)C(=O)Nc2ccc(F)c(F)c2)CC1. The molecule has 0 atom stereocenters. The van der Waals surface area contributed by atoms with Gasteiger partial charge in [0.05, 0.1) is 11.4 Å². The van der Waals surface area contributed by atoms with E-state index in [1.54, 1.807) is 53.4 Å². The Morgan fingerprint density at radius 3 is 2.32 bits per heavy atom. The number of piperazine rings is 1. The van der Waals surface area contributed by atoms with Crippen molar-refractivity contribution in [1.29, 1.82) is 0 Å². The fourth-order valence-electron chi connectivity index (χ4n) is 4.15. The summed E-state index contributed by atoms with van der Waals surface area (Å²) in [6.07, 6.45) is 0. The lowest BCUT2D eigenvalue weighted by Gasteiger charge is -2.34. The van der Waals surface area contributed by atoms with Gasteiger partial charge in [0.2, 0.25) is 0 Å². The highest BCUT2D eigenvalue weighted by Crippen LogP contribution is 2.19. The van der Waals surface area contributed by atoms with E-state index in [4.69, 9.17) is 5.73 Å². The van der Waals surface area contributed by atoms with Crippen LogP contribution in [0.2, 0.25) is 0 Å². The summed E-state index contributed by atoms with van der Waals surface area (Å²) in [5.41, 5.74) is 8.36. The molecule has 4 rings (SSSR count). The number of anilines is 3. The van der Waals surface area contributed by atoms with E-state index >= 15 is 0 Å². The Labute approximate surface area is 221 Å². The lowest BCUT2D eigenvalue weighted by molar-refractivity contribution is 0.102. The summed E-state index contributed by atoms with van der Waals surface area (Å²) in [6, 6.07) is 16.8. The van der Waals surface area contributed by atoms with Gasteiger partial charge in [-0.3, -0.25) is 9.69 Å². The Balaban J connectivity index is 1.43. The van der Waals surface area contributed by atoms with E-state index in [1.807, 2.05) is 0 Å². The lowest BCUT2D eigenvalue weighted by Crippen LogP contribution is -2.48. The molecule has 3 aromatic rings. The number of nitrogens with zero attached hydrogens (tertiary/aromatic N) is 3. The third-order valence-electron chi connectivity index (χ3n) is 6.54. The van der Waals surface area contributed by atoms with Crippen molar-refractivity contribution < 1.29 is 18.4 Å². The fraction of sp³-hybridized carbons (Fsp3) is 0.286. The molecule has 1 saturated heterocycles. The predicted molar refractivity (Wildman–Crippen MR) is 145 cm³/mol. The molecule has 10 heteroatoms. The molecule has 0 unspecified atom stereocenters. The van der Waals surface area contributed by atoms with Gasteiger partial charge in [0.25, 0.3) is 5.91 Å². The van der Waals surface area contributed by atoms with Gasteiger partial charge in [-0.05, 0) is 49.0 Å². The maximum Gasteiger partial charge on any atom is 0.322 e. The second-order valence-corrected chi connectivity index (χ2v) is 9.36. The number of likely N-dealkylation sites (N-methyl/N-ethyl adjacent to an activating group) is 1. The number of para-hydroxylation sites is 2. The molecule has 1 fully saturated rings. The number of urea groups is 1. The fourth-order valence-corrected chi connectivity index (χ4v) is 4.15. The van der Waals surface area contributed by atoms with Crippen LogP contribution < -0.4 is 16.4 Å². The van der Waals surface area contributed by atoms with Crippen LogP contribution >= 0.6 is 0 Å². The van der Waals surface area contributed by atoms with Crippen LogP contribution in [0.4, 0.5) is 30.6 Å². The maximum absolute atomic E-state index is 13.7. The average molecular weight is 523 g/mol. The second kappa shape index (κ2) is 12.5. The summed E-state index contributed by atoms with van der Waals surface area (Å²) in [5, 5.41) is 5.46. The zero-order chi connectivity index (χ0) is 27.1. The lowest BCUT2D eigenvalue weighted by atomic mass is 10.1. The Morgan fingerprint density at radius 2 is 1.63 bits per heavy atom. The van der Waals surface area contributed by atoms with Crippen molar-refractivity contribution in [2.45, 2.75) is 6.54 Å². The minimum atomic E-state index is -1.03. The molecule has 1 aliphatic heterocycles. The third kappa shape index (κ3) is 7.27. The van der Waals surface area contributed by atoms with Crippen LogP contribution in [0.25, 0.3) is 0 Å². The van der Waals surface area contributed by atoms with Crippen LogP contribution in [0.3, 0.4) is 0 Å². The Kier molecular flexibility index (Phi) is 8.88. The Morgan fingerprint density at radius 1 is 0.921 bits per heavy atom. The first-order valence-corrected chi connectivity index (χ1v) is 12.4. The van der Waals surface area contributed by atoms with Crippen LogP contribution in [0.1, 0.15) is 15.9 Å². The molecular weight excluding hydrogens is 490 g/mol. The van der Waals surface area contributed by atoms with E-state index in [-0.39, 0.29) is 18.1 Å². The van der Waals surface area contributed by atoms with Crippen LogP contribution in [-0.2, 0) is 6.54 Å². The molecule has 200 valence electrons. The normalized spacial score (nSPS) is 14.2. The van der Waals surface area contributed by atoms with E-state index in [0.29, 0.717) is 30.0 Å². The second-order valence-electron chi connectivity index (χ2n) is 9.36. The molecule has 1 heterocycles. The number of nitrogens with two attached hydrogens (primary N) is 1. The summed E-state index contributed by atoms with van der Waals surface area (Å²) in [6.45, 7) is 5.12. The molecule has 8 nitrogen and oxygen atoms in total. The molecule has 1 aliphatic rings. The highest BCUT2D eigenvalue weighted by molar-refractivity contribution is 6.05. The van der Waals surface area contributed by atoms with Crippen molar-refractivity contribution in [2.24, 2.45) is 0 Å². The van der Waals surface area contributed by atoms with Gasteiger partial charge in [-0.25, -0.2) is 13.6 Å². The number of halogens is 2. The first-order chi connectivity index (χ1) is 18.3. The molecule has 0 aliphatic carbocycles. The van der Waals surface area contributed by atoms with Crippen LogP contribution in [0.15, 0.2) is 66.7 Å². The topological polar surface area (TPSA) is 93.9 Å². The molecular formula is C28H32F2N6O2. The number of nitrogens with one attached hydrogen (secondary N) is 2. The zero-order valence-electron chi connectivity index (χ0n) is 21.3. The number of carbonyl (C=O) groups is 2. The number of benzene rings is 3. The van der Waals surface area contributed by atoms with Gasteiger partial charge in [-0.15, -0.1) is 0 Å². The van der Waals surface area contributed by atoms with E-state index < -0.39 is 17.7 Å². The van der Waals surface area contributed by atoms with Gasteiger partial charge in [0, 0.05) is 63.1 Å². The van der Waals surface area contributed by atoms with E-state index in [2.05, 4.69) is 27.5 Å². The average Bonchev–Trinajstić information content (AvgIpc) is 2.91. The molecule has 4 N–H and O–H groups in total. The summed E-state index contributed by atoms with van der Waals surface area (Å²) in [4.78, 5) is 32.0. The minimum absolute atomic E-state index is 0.172. The monoisotopic (exact) mass is 522 g/mol. The highest BCUT2D eigenvalue weighted by atomic mass is 19.2. The molecule has 3 aromatic carbocycles. The van der Waals surface area contributed by atoms with Crippen molar-refractivity contribution in [2.75, 3.05) is 62.7 Å². The first-order valence-electron chi connectivity index (χ1n) is 12.4. The third-order valence-corrected chi connectivity index (χ3v) is 6.54. The summed E-state index contributed by atoms with van der Waals surface area (Å²) >= 11 is 0. The number of carbonyl (C=O) groups excluding carboxylic acids is 2. The number of hydrogen-bond donors (Lipinski definition) is 3. The van der Waals surface area contributed by atoms with Crippen LogP contribution in [0.5, 0.6) is 0 Å². The quantitative estimate of drug-likeness (QED) is 0.388. The minimum Gasteiger partial charge on any atom is -0.397 e. The first kappa shape index (κ1) is 27.0. The van der Waals surface area contributed by atoms with Crippen LogP contribution in [-0.4, -0.2) is 73.0 Å². The van der Waals surface area contributed by atoms with Crippen molar-refractivity contribution in [3.8, 4) is 0 Å². The molecule has 0 radical (unpaired) electrons. The summed E-state index contributed by atoms with van der Waals surface area (Å²) in [7, 11) is 2.08. The van der Waals surface area contributed by atoms with E-state index in [1.165, 1.54) is 6.07 Å². The van der Waals surface area contributed by atoms with Gasteiger partial charge in [-0.2, -0.15) is 0 Å². The van der Waals surface area contributed by atoms with E-state index in [9.17, 15) is 18.4 Å². The number of nitrogen functional groups attached to an aromatic ring is 1. The van der Waals surface area contributed by atoms with Crippen molar-refractivity contribution in [1.82, 2.24) is 14.7 Å². The zero-order valence-corrected chi connectivity index (χ0v) is 21.3. The van der Waals surface area contributed by atoms with Crippen LogP contribution in [0, 0.1) is 11.6 Å². The largest absolute Gasteiger partial charge is 0.397 e. The van der Waals surface area contributed by atoms with Gasteiger partial charge >= 0.3 is 6.03 Å². The van der Waals surface area contributed by atoms with Crippen molar-refractivity contribution >= 4 is 29.0 Å². The molecule has 3 amide bonds. The van der Waals surface area contributed by atoms with Gasteiger partial charge in [0.15, 0.2) is 11.6 Å². The summed E-state index contributed by atoms with van der Waals surface area (Å²) < 4.78 is 27.0. The Bertz CT molecular complexity index is 1260. The van der Waals surface area contributed by atoms with E-state index in [0.717, 1.165) is 43.9 Å². The molecule has 0 bridgehead atoms. The smallest absolute Gasteiger partial charge is 0.322 e. The standard InChI is InChI=1S/C28H32F2N6O2/c1-34-12-14-35(15-13-34)16-17-36(28(38)32-22-10-11-23(29)24(30)18-22)19-20-6-8-21(9-7-20)27(37)33-26-5-3-2-4-25(26)31/h2-11,18H,12-17,19,31H2,1H3,(H,32,38)(H,33,37).